The predicted octanol–water partition coefficient (Wildman–Crippen LogP) is 4.60. The second kappa shape index (κ2) is 13.3. The molecule has 2 aromatic carbocycles. The number of rotatable bonds is 12. The second-order valence-corrected chi connectivity index (χ2v) is 12.0. The Balaban J connectivity index is 2.19. The van der Waals surface area contributed by atoms with Crippen molar-refractivity contribution in [3.8, 4) is 5.75 Å². The Morgan fingerprint density at radius 2 is 1.83 bits per heavy atom. The molecule has 0 bridgehead atoms. The van der Waals surface area contributed by atoms with Crippen LogP contribution >= 0.6 is 27.5 Å². The van der Waals surface area contributed by atoms with E-state index in [2.05, 4.69) is 21.2 Å². The van der Waals surface area contributed by atoms with Crippen molar-refractivity contribution in [1.29, 1.82) is 0 Å². The molecule has 2 aromatic rings. The van der Waals surface area contributed by atoms with Crippen molar-refractivity contribution in [2.45, 2.75) is 52.2 Å². The van der Waals surface area contributed by atoms with Gasteiger partial charge in [-0.1, -0.05) is 39.7 Å². The summed E-state index contributed by atoms with van der Waals surface area (Å²) in [4.78, 5) is 27.5. The monoisotopic (exact) mass is 601 g/mol. The maximum absolute atomic E-state index is 13.3. The van der Waals surface area contributed by atoms with E-state index < -0.39 is 16.1 Å². The minimum atomic E-state index is -3.63. The number of hydrogen-bond donors (Lipinski definition) is 1. The number of sulfonamides is 1. The molecule has 0 aliphatic heterocycles. The van der Waals surface area contributed by atoms with Gasteiger partial charge in [-0.05, 0) is 63.1 Å². The third-order valence-electron chi connectivity index (χ3n) is 5.42. The fourth-order valence-corrected chi connectivity index (χ4v) is 5.29. The largest absolute Gasteiger partial charge is 0.495 e. The molecule has 0 fully saturated rings. The summed E-state index contributed by atoms with van der Waals surface area (Å²) in [6, 6.07) is 11.5. The van der Waals surface area contributed by atoms with E-state index >= 15 is 0 Å². The maximum atomic E-state index is 13.3. The van der Waals surface area contributed by atoms with Crippen LogP contribution in [-0.2, 0) is 26.2 Å². The SMILES string of the molecule is COc1ccc(N(CCCC(=O)N(Cc2cccc(Br)c2)[C@H](C)C(=O)NC(C)C)S(C)(=O)=O)cc1Cl. The van der Waals surface area contributed by atoms with E-state index in [1.165, 1.54) is 22.4 Å². The molecule has 0 aromatic heterocycles. The van der Waals surface area contributed by atoms with E-state index in [0.717, 1.165) is 16.3 Å². The lowest BCUT2D eigenvalue weighted by molar-refractivity contribution is -0.140. The third kappa shape index (κ3) is 8.67. The highest BCUT2D eigenvalue weighted by molar-refractivity contribution is 9.10. The first-order chi connectivity index (χ1) is 16.8. The first kappa shape index (κ1) is 29.9. The fraction of sp³-hybridized carbons (Fsp3) is 0.440. The van der Waals surface area contributed by atoms with Crippen molar-refractivity contribution in [3.63, 3.8) is 0 Å². The van der Waals surface area contributed by atoms with E-state index in [-0.39, 0.29) is 48.8 Å². The summed E-state index contributed by atoms with van der Waals surface area (Å²) < 4.78 is 32.2. The summed E-state index contributed by atoms with van der Waals surface area (Å²) in [7, 11) is -2.15. The topological polar surface area (TPSA) is 96.0 Å². The van der Waals surface area contributed by atoms with Crippen molar-refractivity contribution in [2.24, 2.45) is 0 Å². The van der Waals surface area contributed by atoms with Gasteiger partial charge in [0.05, 0.1) is 24.1 Å². The molecule has 11 heteroatoms. The standard InChI is InChI=1S/C25H33BrClN3O5S/c1-17(2)28-25(32)18(3)29(16-19-8-6-9-20(26)14-19)24(31)10-7-13-30(36(5,33)34)21-11-12-23(35-4)22(27)15-21/h6,8-9,11-12,14-15,17-18H,7,10,13,16H2,1-5H3,(H,28,32)/t18-/m1/s1. The first-order valence-corrected chi connectivity index (χ1v) is 14.5. The Kier molecular flexibility index (Phi) is 11.1. The van der Waals surface area contributed by atoms with Gasteiger partial charge >= 0.3 is 0 Å². The normalized spacial score (nSPS) is 12.2. The molecule has 1 atom stereocenters. The number of carbonyl (C=O) groups is 2. The molecule has 0 saturated carbocycles. The van der Waals surface area contributed by atoms with E-state index in [1.807, 2.05) is 38.1 Å². The maximum Gasteiger partial charge on any atom is 0.242 e. The Morgan fingerprint density at radius 3 is 2.39 bits per heavy atom. The van der Waals surface area contributed by atoms with Crippen molar-refractivity contribution in [3.05, 3.63) is 57.5 Å². The van der Waals surface area contributed by atoms with Gasteiger partial charge in [-0.2, -0.15) is 0 Å². The van der Waals surface area contributed by atoms with Gasteiger partial charge in [0.1, 0.15) is 11.8 Å². The van der Waals surface area contributed by atoms with Crippen LogP contribution in [0.4, 0.5) is 5.69 Å². The summed E-state index contributed by atoms with van der Waals surface area (Å²) in [6.45, 7) is 5.72. The number of nitrogens with one attached hydrogen (secondary N) is 1. The Labute approximate surface area is 227 Å². The second-order valence-electron chi connectivity index (χ2n) is 8.75. The quantitative estimate of drug-likeness (QED) is 0.383. The summed E-state index contributed by atoms with van der Waals surface area (Å²) in [5, 5.41) is 3.14. The van der Waals surface area contributed by atoms with Crippen molar-refractivity contribution >= 4 is 55.1 Å². The summed E-state index contributed by atoms with van der Waals surface area (Å²) >= 11 is 9.63. The molecule has 1 N–H and O–H groups in total. The van der Waals surface area contributed by atoms with Crippen molar-refractivity contribution < 1.29 is 22.7 Å². The van der Waals surface area contributed by atoms with Gasteiger partial charge in [-0.3, -0.25) is 13.9 Å². The minimum Gasteiger partial charge on any atom is -0.495 e. The molecule has 0 aliphatic rings. The van der Waals surface area contributed by atoms with Gasteiger partial charge in [-0.25, -0.2) is 8.42 Å². The van der Waals surface area contributed by atoms with E-state index in [9.17, 15) is 18.0 Å². The van der Waals surface area contributed by atoms with Crippen LogP contribution in [0.25, 0.3) is 0 Å². The lowest BCUT2D eigenvalue weighted by atomic mass is 10.1. The van der Waals surface area contributed by atoms with Crippen LogP contribution in [0.3, 0.4) is 0 Å². The molecule has 0 heterocycles. The number of carbonyl (C=O) groups excluding carboxylic acids is 2. The minimum absolute atomic E-state index is 0.0587. The van der Waals surface area contributed by atoms with E-state index in [1.54, 1.807) is 19.1 Å². The van der Waals surface area contributed by atoms with Crippen LogP contribution in [0.1, 0.15) is 39.2 Å². The Bertz CT molecular complexity index is 1180. The fourth-order valence-electron chi connectivity index (χ4n) is 3.63. The number of benzene rings is 2. The lowest BCUT2D eigenvalue weighted by Crippen LogP contribution is -2.49. The highest BCUT2D eigenvalue weighted by Crippen LogP contribution is 2.30. The van der Waals surface area contributed by atoms with E-state index in [0.29, 0.717) is 11.4 Å². The average Bonchev–Trinajstić information content (AvgIpc) is 2.78. The highest BCUT2D eigenvalue weighted by Gasteiger charge is 2.27. The number of hydrogen-bond acceptors (Lipinski definition) is 5. The summed E-state index contributed by atoms with van der Waals surface area (Å²) in [5.41, 5.74) is 1.25. The number of anilines is 1. The third-order valence-corrected chi connectivity index (χ3v) is 7.40. The van der Waals surface area contributed by atoms with Crippen LogP contribution in [0.15, 0.2) is 46.9 Å². The molecular formula is C25H33BrClN3O5S. The Hall–Kier alpha value is -2.30. The number of ether oxygens (including phenoxy) is 1. The molecule has 0 aliphatic carbocycles. The van der Waals surface area contributed by atoms with Crippen molar-refractivity contribution in [2.75, 3.05) is 24.2 Å². The van der Waals surface area contributed by atoms with Gasteiger partial charge in [-0.15, -0.1) is 0 Å². The van der Waals surface area contributed by atoms with Crippen LogP contribution in [0.5, 0.6) is 5.75 Å². The zero-order valence-corrected chi connectivity index (χ0v) is 24.3. The van der Waals surface area contributed by atoms with Crippen LogP contribution in [0.2, 0.25) is 5.02 Å². The average molecular weight is 603 g/mol. The smallest absolute Gasteiger partial charge is 0.242 e. The van der Waals surface area contributed by atoms with Gasteiger partial charge in [0, 0.05) is 30.0 Å². The molecule has 0 unspecified atom stereocenters. The van der Waals surface area contributed by atoms with Crippen LogP contribution < -0.4 is 14.4 Å². The summed E-state index contributed by atoms with van der Waals surface area (Å²) in [6.07, 6.45) is 1.41. The molecule has 0 saturated heterocycles. The number of amides is 2. The highest BCUT2D eigenvalue weighted by atomic mass is 79.9. The molecular weight excluding hydrogens is 570 g/mol. The Morgan fingerprint density at radius 1 is 1.14 bits per heavy atom. The van der Waals surface area contributed by atoms with Gasteiger partial charge in [0.2, 0.25) is 21.8 Å². The molecule has 2 rings (SSSR count). The van der Waals surface area contributed by atoms with Gasteiger partial charge < -0.3 is 15.0 Å². The molecule has 198 valence electrons. The van der Waals surface area contributed by atoms with Gasteiger partial charge in [0.25, 0.3) is 0 Å². The molecule has 8 nitrogen and oxygen atoms in total. The zero-order valence-electron chi connectivity index (χ0n) is 21.1. The first-order valence-electron chi connectivity index (χ1n) is 11.5. The van der Waals surface area contributed by atoms with E-state index in [4.69, 9.17) is 16.3 Å². The molecule has 0 spiro atoms. The number of nitrogens with zero attached hydrogens (tertiary/aromatic N) is 2. The molecule has 36 heavy (non-hydrogen) atoms. The number of methoxy groups -OCH3 is 1. The van der Waals surface area contributed by atoms with Crippen LogP contribution in [-0.4, -0.2) is 57.1 Å². The van der Waals surface area contributed by atoms with Crippen LogP contribution in [0, 0.1) is 0 Å². The zero-order chi connectivity index (χ0) is 27.0. The van der Waals surface area contributed by atoms with Gasteiger partial charge in [0.15, 0.2) is 0 Å². The number of halogens is 2. The predicted molar refractivity (Wildman–Crippen MR) is 147 cm³/mol. The molecule has 0 radical (unpaired) electrons. The summed E-state index contributed by atoms with van der Waals surface area (Å²) in [5.74, 6) is -0.0672. The lowest BCUT2D eigenvalue weighted by Gasteiger charge is -2.30. The van der Waals surface area contributed by atoms with Crippen molar-refractivity contribution in [1.82, 2.24) is 10.2 Å². The molecule has 2 amide bonds.